The van der Waals surface area contributed by atoms with E-state index in [9.17, 15) is 33.0 Å². The fraction of sp³-hybridized carbons (Fsp3) is 0.750. The fourth-order valence-electron chi connectivity index (χ4n) is 4.86. The van der Waals surface area contributed by atoms with Crippen molar-refractivity contribution < 1.29 is 37.7 Å². The van der Waals surface area contributed by atoms with E-state index in [4.69, 9.17) is 16.3 Å². The van der Waals surface area contributed by atoms with Crippen molar-refractivity contribution in [3.05, 3.63) is 11.5 Å². The van der Waals surface area contributed by atoms with Gasteiger partial charge >= 0.3 is 7.60 Å². The molecule has 1 saturated carbocycles. The third-order valence-electron chi connectivity index (χ3n) is 6.94. The lowest BCUT2D eigenvalue weighted by atomic mass is 10.1. The number of hydrogen-bond donors (Lipinski definition) is 6. The van der Waals surface area contributed by atoms with Crippen LogP contribution in [0.15, 0.2) is 6.20 Å². The number of nitrogens with one attached hydrogen (secondary N) is 2. The predicted octanol–water partition coefficient (Wildman–Crippen LogP) is 0.228. The first-order chi connectivity index (χ1) is 17.3. The van der Waals surface area contributed by atoms with Crippen molar-refractivity contribution in [3.8, 4) is 0 Å². The number of rotatable bonds is 10. The molecule has 7 atom stereocenters. The summed E-state index contributed by atoms with van der Waals surface area (Å²) in [5.74, 6) is -0.0363. The second-order valence-corrected chi connectivity index (χ2v) is 14.3. The van der Waals surface area contributed by atoms with Gasteiger partial charge in [0.2, 0.25) is 5.28 Å². The van der Waals surface area contributed by atoms with Crippen LogP contribution in [-0.2, 0) is 19.1 Å². The van der Waals surface area contributed by atoms with Crippen LogP contribution in [0.5, 0.6) is 0 Å². The molecule has 0 bridgehead atoms. The Hall–Kier alpha value is -1.42. The summed E-state index contributed by atoms with van der Waals surface area (Å²) in [6.07, 6.45) is -1.50. The zero-order valence-corrected chi connectivity index (χ0v) is 22.8. The minimum absolute atomic E-state index is 0.0810. The molecule has 3 unspecified atom stereocenters. The molecule has 37 heavy (non-hydrogen) atoms. The van der Waals surface area contributed by atoms with Crippen LogP contribution in [0.1, 0.15) is 39.3 Å². The zero-order chi connectivity index (χ0) is 27.1. The van der Waals surface area contributed by atoms with Crippen molar-refractivity contribution in [2.24, 2.45) is 5.92 Å². The number of ether oxygens (including phenoxy) is 1. The maximum Gasteiger partial charge on any atom is 0.344 e. The largest absolute Gasteiger partial charge is 0.387 e. The molecule has 1 aliphatic carbocycles. The quantitative estimate of drug-likeness (QED) is 0.164. The average molecular weight is 583 g/mol. The molecule has 6 N–H and O–H groups in total. The van der Waals surface area contributed by atoms with E-state index in [-0.39, 0.29) is 17.0 Å². The van der Waals surface area contributed by atoms with Gasteiger partial charge in [-0.3, -0.25) is 4.57 Å². The molecular formula is C20H32ClN6O8PS. The van der Waals surface area contributed by atoms with E-state index in [0.29, 0.717) is 23.7 Å². The SMILES string of the molecule is CCNCC(P(=O)(O)O)S(=O)(=O)C[C@H]1O[C@@H](n2ncc3c(NC4CCCC4C)nc(Cl)nc32)[C@H](O)[C@@H]1O. The maximum absolute atomic E-state index is 12.9. The van der Waals surface area contributed by atoms with Crippen LogP contribution in [0.25, 0.3) is 11.0 Å². The Morgan fingerprint density at radius 1 is 1.27 bits per heavy atom. The molecule has 0 spiro atoms. The highest BCUT2D eigenvalue weighted by atomic mass is 35.5. The van der Waals surface area contributed by atoms with Gasteiger partial charge in [0.05, 0.1) is 17.3 Å². The van der Waals surface area contributed by atoms with Crippen LogP contribution in [0.3, 0.4) is 0 Å². The number of sulfone groups is 1. The smallest absolute Gasteiger partial charge is 0.344 e. The van der Waals surface area contributed by atoms with E-state index >= 15 is 0 Å². The molecule has 14 nitrogen and oxygen atoms in total. The summed E-state index contributed by atoms with van der Waals surface area (Å²) >= 11 is 6.17. The summed E-state index contributed by atoms with van der Waals surface area (Å²) in [4.78, 5) is 25.7. The summed E-state index contributed by atoms with van der Waals surface area (Å²) in [5, 5.41) is 32.0. The van der Waals surface area contributed by atoms with Gasteiger partial charge < -0.3 is 35.4 Å². The fourth-order valence-corrected chi connectivity index (χ4v) is 8.65. The number of halogens is 1. The van der Waals surface area contributed by atoms with Crippen molar-refractivity contribution >= 4 is 45.9 Å². The van der Waals surface area contributed by atoms with Crippen LogP contribution >= 0.6 is 19.2 Å². The van der Waals surface area contributed by atoms with E-state index in [2.05, 4.69) is 32.6 Å². The normalized spacial score (nSPS) is 29.7. The van der Waals surface area contributed by atoms with E-state index in [1.165, 1.54) is 10.9 Å². The number of hydrogen-bond acceptors (Lipinski definition) is 11. The Labute approximate surface area is 218 Å². The number of aromatic nitrogens is 4. The third kappa shape index (κ3) is 5.94. The number of anilines is 1. The Morgan fingerprint density at radius 2 is 2.00 bits per heavy atom. The van der Waals surface area contributed by atoms with Gasteiger partial charge in [-0.25, -0.2) is 13.1 Å². The molecule has 208 valence electrons. The Morgan fingerprint density at radius 3 is 2.62 bits per heavy atom. The summed E-state index contributed by atoms with van der Waals surface area (Å²) in [6.45, 7) is 3.62. The van der Waals surface area contributed by atoms with E-state index in [1.807, 2.05) is 0 Å². The lowest BCUT2D eigenvalue weighted by Crippen LogP contribution is -2.41. The van der Waals surface area contributed by atoms with Gasteiger partial charge in [0.15, 0.2) is 26.7 Å². The molecule has 0 radical (unpaired) electrons. The Kier molecular flexibility index (Phi) is 8.49. The highest BCUT2D eigenvalue weighted by Crippen LogP contribution is 2.45. The molecule has 0 aromatic carbocycles. The minimum atomic E-state index is -5.05. The summed E-state index contributed by atoms with van der Waals surface area (Å²) < 4.78 is 44.6. The molecule has 2 aliphatic rings. The van der Waals surface area contributed by atoms with Crippen molar-refractivity contribution in [2.75, 3.05) is 24.2 Å². The van der Waals surface area contributed by atoms with Gasteiger partial charge in [-0.1, -0.05) is 20.3 Å². The molecule has 0 amide bonds. The summed E-state index contributed by atoms with van der Waals surface area (Å²) in [6, 6.07) is 0.186. The van der Waals surface area contributed by atoms with Gasteiger partial charge in [-0.15, -0.1) is 0 Å². The van der Waals surface area contributed by atoms with Gasteiger partial charge in [0.1, 0.15) is 24.1 Å². The summed E-state index contributed by atoms with van der Waals surface area (Å²) in [5.41, 5.74) is 0.202. The maximum atomic E-state index is 12.9. The lowest BCUT2D eigenvalue weighted by molar-refractivity contribution is -0.0365. The number of aliphatic hydroxyl groups is 2. The molecule has 1 saturated heterocycles. The Balaban J connectivity index is 1.59. The van der Waals surface area contributed by atoms with E-state index < -0.39 is 59.3 Å². The minimum Gasteiger partial charge on any atom is -0.387 e. The number of fused-ring (bicyclic) bond motifs is 1. The first-order valence-corrected chi connectivity index (χ1v) is 15.8. The molecule has 17 heteroatoms. The first-order valence-electron chi connectivity index (χ1n) is 12.0. The molecular weight excluding hydrogens is 551 g/mol. The monoisotopic (exact) mass is 582 g/mol. The molecule has 2 fully saturated rings. The molecule has 3 heterocycles. The number of aliphatic hydroxyl groups excluding tert-OH is 2. The van der Waals surface area contributed by atoms with Crippen LogP contribution in [0.2, 0.25) is 5.28 Å². The average Bonchev–Trinajstić information content (AvgIpc) is 3.47. The van der Waals surface area contributed by atoms with Crippen molar-refractivity contribution in [3.63, 3.8) is 0 Å². The zero-order valence-electron chi connectivity index (χ0n) is 20.3. The summed E-state index contributed by atoms with van der Waals surface area (Å²) in [7, 11) is -9.52. The Bertz CT molecular complexity index is 1280. The highest BCUT2D eigenvalue weighted by Gasteiger charge is 2.49. The van der Waals surface area contributed by atoms with Crippen LogP contribution in [0.4, 0.5) is 5.82 Å². The van der Waals surface area contributed by atoms with Gasteiger partial charge in [0.25, 0.3) is 0 Å². The van der Waals surface area contributed by atoms with Gasteiger partial charge in [0, 0.05) is 12.6 Å². The first kappa shape index (κ1) is 28.6. The van der Waals surface area contributed by atoms with Crippen molar-refractivity contribution in [2.45, 2.75) is 68.7 Å². The third-order valence-corrected chi connectivity index (χ3v) is 11.6. The topological polar surface area (TPSA) is 209 Å². The number of nitrogens with zero attached hydrogens (tertiary/aromatic N) is 4. The van der Waals surface area contributed by atoms with Crippen LogP contribution in [0, 0.1) is 5.92 Å². The highest BCUT2D eigenvalue weighted by molar-refractivity contribution is 7.98. The van der Waals surface area contributed by atoms with Crippen molar-refractivity contribution in [1.29, 1.82) is 0 Å². The van der Waals surface area contributed by atoms with Crippen LogP contribution < -0.4 is 10.6 Å². The second-order valence-electron chi connectivity index (χ2n) is 9.55. The standard InChI is InChI=1S/C20H32ClN6O8PS/c1-3-22-8-14(36(30,31)32)37(33,34)9-13-15(28)16(29)19(35-13)27-18-11(7-23-27)17(25-20(21)26-18)24-12-6-4-5-10(12)2/h7,10,12-16,19,22,28-29H,3-6,8-9H2,1-2H3,(H,24,25,26)(H2,30,31,32)/t10?,12?,13-,14?,15-,16-,19-/m1/s1. The predicted molar refractivity (Wildman–Crippen MR) is 135 cm³/mol. The van der Waals surface area contributed by atoms with Crippen LogP contribution in [-0.4, -0.2) is 96.4 Å². The van der Waals surface area contributed by atoms with Crippen molar-refractivity contribution in [1.82, 2.24) is 25.1 Å². The molecule has 4 rings (SSSR count). The van der Waals surface area contributed by atoms with E-state index in [1.54, 1.807) is 6.92 Å². The molecule has 2 aromatic heterocycles. The lowest BCUT2D eigenvalue weighted by Gasteiger charge is -2.22. The van der Waals surface area contributed by atoms with Gasteiger partial charge in [-0.2, -0.15) is 15.1 Å². The second kappa shape index (κ2) is 11.0. The molecule has 2 aromatic rings. The molecule has 1 aliphatic heterocycles. The van der Waals surface area contributed by atoms with Gasteiger partial charge in [-0.05, 0) is 36.9 Å². The van der Waals surface area contributed by atoms with E-state index in [0.717, 1.165) is 19.3 Å².